The molecule has 1 fully saturated rings. The minimum atomic E-state index is -0.878. The van der Waals surface area contributed by atoms with E-state index in [1.165, 1.54) is 4.90 Å². The van der Waals surface area contributed by atoms with Gasteiger partial charge in [-0.1, -0.05) is 0 Å². The maximum Gasteiger partial charge on any atom is 2.00 e. The fourth-order valence-electron chi connectivity index (χ4n) is 1.48. The topological polar surface area (TPSA) is 57.6 Å². The molecule has 0 radical (unpaired) electrons. The van der Waals surface area contributed by atoms with Gasteiger partial charge in [0.05, 0.1) is 0 Å². The van der Waals surface area contributed by atoms with Crippen molar-refractivity contribution in [1.29, 1.82) is 0 Å². The SMILES string of the molecule is CC(=O)C1CCN(C(=O)O)CC1.[Br-].[CH3-].[Mg+2]. The van der Waals surface area contributed by atoms with Gasteiger partial charge in [0, 0.05) is 19.0 Å². The first-order chi connectivity index (χ1) is 5.61. The zero-order valence-corrected chi connectivity index (χ0v) is 12.2. The Hall–Kier alpha value is 0.186. The van der Waals surface area contributed by atoms with E-state index in [9.17, 15) is 9.59 Å². The number of carboxylic acid groups (broad SMARTS) is 1. The second-order valence-corrected chi connectivity index (χ2v) is 3.15. The van der Waals surface area contributed by atoms with Crippen molar-refractivity contribution in [2.24, 2.45) is 5.92 Å². The fraction of sp³-hybridized carbons (Fsp3) is 0.667. The molecule has 1 aliphatic heterocycles. The van der Waals surface area contributed by atoms with E-state index in [1.807, 2.05) is 0 Å². The Kier molecular flexibility index (Phi) is 12.9. The summed E-state index contributed by atoms with van der Waals surface area (Å²) in [6.45, 7) is 2.57. The van der Waals surface area contributed by atoms with Crippen LogP contribution in [-0.4, -0.2) is 58.0 Å². The van der Waals surface area contributed by atoms with Gasteiger partial charge in [-0.2, -0.15) is 0 Å². The number of piperidine rings is 1. The normalized spacial score (nSPS) is 15.4. The summed E-state index contributed by atoms with van der Waals surface area (Å²) in [5.74, 6) is 0.264. The first-order valence-electron chi connectivity index (χ1n) is 4.09. The Labute approximate surface area is 117 Å². The molecule has 1 aliphatic rings. The molecule has 4 nitrogen and oxygen atoms in total. The minimum absolute atomic E-state index is 0. The zero-order chi connectivity index (χ0) is 9.14. The van der Waals surface area contributed by atoms with Crippen LogP contribution in [0.5, 0.6) is 0 Å². The summed E-state index contributed by atoms with van der Waals surface area (Å²) < 4.78 is 0. The molecule has 0 spiro atoms. The van der Waals surface area contributed by atoms with E-state index in [2.05, 4.69) is 0 Å². The predicted molar refractivity (Wildman–Crippen MR) is 55.2 cm³/mol. The molecule has 6 heteroatoms. The summed E-state index contributed by atoms with van der Waals surface area (Å²) in [5.41, 5.74) is 0. The molecule has 1 rings (SSSR count). The van der Waals surface area contributed by atoms with Crippen LogP contribution >= 0.6 is 0 Å². The van der Waals surface area contributed by atoms with Gasteiger partial charge in [-0.3, -0.25) is 4.79 Å². The molecule has 1 amide bonds. The first kappa shape index (κ1) is 20.6. The molecule has 0 saturated carbocycles. The Balaban J connectivity index is -0.000000480. The maximum absolute atomic E-state index is 10.9. The zero-order valence-electron chi connectivity index (χ0n) is 9.20. The number of halogens is 1. The molecule has 1 saturated heterocycles. The summed E-state index contributed by atoms with van der Waals surface area (Å²) >= 11 is 0. The van der Waals surface area contributed by atoms with Crippen LogP contribution in [0.3, 0.4) is 0 Å². The smallest absolute Gasteiger partial charge is 1.00 e. The average molecular weight is 290 g/mol. The molecular weight excluding hydrogens is 274 g/mol. The largest absolute Gasteiger partial charge is 2.00 e. The molecule has 1 N–H and O–H groups in total. The van der Waals surface area contributed by atoms with Crippen LogP contribution in [0.15, 0.2) is 0 Å². The van der Waals surface area contributed by atoms with Gasteiger partial charge in [-0.15, -0.1) is 0 Å². The van der Waals surface area contributed by atoms with Gasteiger partial charge in [-0.05, 0) is 19.8 Å². The Morgan fingerprint density at radius 2 is 1.67 bits per heavy atom. The molecular formula is C9H16BrMgNO3. The molecule has 0 aliphatic carbocycles. The Morgan fingerprint density at radius 3 is 1.93 bits per heavy atom. The standard InChI is InChI=1S/C8H13NO3.CH3.BrH.Mg/c1-6(10)7-2-4-9(5-3-7)8(11)12;;;/h7H,2-5H2,1H3,(H,11,12);1H3;1H;/q;-1;;+2/p-1. The predicted octanol–water partition coefficient (Wildman–Crippen LogP) is -1.96. The molecule has 0 aromatic carbocycles. The number of carbonyl (C=O) groups is 2. The van der Waals surface area contributed by atoms with Crippen molar-refractivity contribution >= 4 is 34.9 Å². The minimum Gasteiger partial charge on any atom is -1.00 e. The van der Waals surface area contributed by atoms with Crippen molar-refractivity contribution in [3.63, 3.8) is 0 Å². The third-order valence-corrected chi connectivity index (χ3v) is 2.34. The van der Waals surface area contributed by atoms with Crippen molar-refractivity contribution in [1.82, 2.24) is 4.90 Å². The first-order valence-corrected chi connectivity index (χ1v) is 4.09. The molecule has 0 bridgehead atoms. The van der Waals surface area contributed by atoms with Crippen molar-refractivity contribution in [2.75, 3.05) is 13.1 Å². The Morgan fingerprint density at radius 1 is 1.27 bits per heavy atom. The number of Topliss-reactive ketones (excluding diaryl/α,β-unsaturated/α-hetero) is 1. The van der Waals surface area contributed by atoms with Crippen LogP contribution in [0.2, 0.25) is 0 Å². The average Bonchev–Trinajstić information content (AvgIpc) is 2.04. The van der Waals surface area contributed by atoms with Crippen LogP contribution in [0, 0.1) is 13.3 Å². The van der Waals surface area contributed by atoms with Crippen LogP contribution in [-0.2, 0) is 4.79 Å². The van der Waals surface area contributed by atoms with Gasteiger partial charge in [0.15, 0.2) is 0 Å². The van der Waals surface area contributed by atoms with Gasteiger partial charge in [0.2, 0.25) is 0 Å². The number of rotatable bonds is 1. The number of nitrogens with zero attached hydrogens (tertiary/aromatic N) is 1. The van der Waals surface area contributed by atoms with Crippen molar-refractivity contribution in [3.8, 4) is 0 Å². The molecule has 84 valence electrons. The van der Waals surface area contributed by atoms with E-state index in [-0.39, 0.29) is 59.2 Å². The van der Waals surface area contributed by atoms with E-state index >= 15 is 0 Å². The number of hydrogen-bond donors (Lipinski definition) is 1. The molecule has 0 unspecified atom stereocenters. The summed E-state index contributed by atoms with van der Waals surface area (Å²) in [7, 11) is 0. The number of carbonyl (C=O) groups excluding carboxylic acids is 1. The van der Waals surface area contributed by atoms with E-state index in [0.717, 1.165) is 0 Å². The van der Waals surface area contributed by atoms with Crippen LogP contribution < -0.4 is 17.0 Å². The van der Waals surface area contributed by atoms with Gasteiger partial charge in [0.1, 0.15) is 5.78 Å². The van der Waals surface area contributed by atoms with E-state index in [4.69, 9.17) is 5.11 Å². The third-order valence-electron chi connectivity index (χ3n) is 2.34. The van der Waals surface area contributed by atoms with Crippen LogP contribution in [0.4, 0.5) is 4.79 Å². The molecule has 1 heterocycles. The van der Waals surface area contributed by atoms with Crippen LogP contribution in [0.1, 0.15) is 19.8 Å². The van der Waals surface area contributed by atoms with Crippen molar-refractivity contribution in [3.05, 3.63) is 7.43 Å². The second kappa shape index (κ2) is 9.41. The fourth-order valence-corrected chi connectivity index (χ4v) is 1.48. The summed E-state index contributed by atoms with van der Waals surface area (Å²) in [5, 5.41) is 8.60. The summed E-state index contributed by atoms with van der Waals surface area (Å²) in [6.07, 6.45) is 0.487. The van der Waals surface area contributed by atoms with Crippen LogP contribution in [0.25, 0.3) is 0 Å². The second-order valence-electron chi connectivity index (χ2n) is 3.15. The van der Waals surface area contributed by atoms with Gasteiger partial charge >= 0.3 is 29.1 Å². The van der Waals surface area contributed by atoms with Gasteiger partial charge in [0.25, 0.3) is 0 Å². The summed E-state index contributed by atoms with van der Waals surface area (Å²) in [6, 6.07) is 0. The molecule has 0 aromatic heterocycles. The number of amides is 1. The van der Waals surface area contributed by atoms with Crippen molar-refractivity contribution in [2.45, 2.75) is 19.8 Å². The molecule has 0 aromatic rings. The summed E-state index contributed by atoms with van der Waals surface area (Å²) in [4.78, 5) is 22.7. The number of hydrogen-bond acceptors (Lipinski definition) is 2. The number of ketones is 1. The van der Waals surface area contributed by atoms with E-state index in [1.54, 1.807) is 6.92 Å². The monoisotopic (exact) mass is 289 g/mol. The third kappa shape index (κ3) is 6.37. The van der Waals surface area contributed by atoms with Gasteiger partial charge < -0.3 is 34.4 Å². The van der Waals surface area contributed by atoms with E-state index < -0.39 is 6.09 Å². The maximum atomic E-state index is 10.9. The number of likely N-dealkylation sites (tertiary alicyclic amines) is 1. The van der Waals surface area contributed by atoms with E-state index in [0.29, 0.717) is 25.9 Å². The van der Waals surface area contributed by atoms with Crippen molar-refractivity contribution < 1.29 is 31.7 Å². The Bertz CT molecular complexity index is 184. The molecule has 15 heavy (non-hydrogen) atoms. The van der Waals surface area contributed by atoms with Gasteiger partial charge in [-0.25, -0.2) is 4.79 Å². The molecule has 0 atom stereocenters. The quantitative estimate of drug-likeness (QED) is 0.451.